The molecule has 2 nitrogen and oxygen atoms in total. The van der Waals surface area contributed by atoms with Crippen LogP contribution in [0.4, 0.5) is 0 Å². The Morgan fingerprint density at radius 2 is 1.67 bits per heavy atom. The minimum atomic E-state index is 0.325. The summed E-state index contributed by atoms with van der Waals surface area (Å²) in [6.45, 7) is 7.27. The van der Waals surface area contributed by atoms with Gasteiger partial charge in [-0.25, -0.2) is 0 Å². The number of hydrogen-bond acceptors (Lipinski definition) is 2. The lowest BCUT2D eigenvalue weighted by Gasteiger charge is -2.15. The number of aryl methyl sites for hydroxylation is 1. The fourth-order valence-corrected chi connectivity index (χ4v) is 3.15. The Bertz CT molecular complexity index is 628. The molecule has 21 heavy (non-hydrogen) atoms. The Hall–Kier alpha value is -0.840. The molecule has 0 fully saturated rings. The molecule has 1 unspecified atom stereocenters. The Morgan fingerprint density at radius 1 is 1.05 bits per heavy atom. The van der Waals surface area contributed by atoms with E-state index in [1.807, 2.05) is 24.3 Å². The standard InChI is InChI=1S/C17H19Br2NO/c1-4-20-12(3)13-6-8-17(15(19)10-13)21-16-7-5-11(2)9-14(16)18/h5-10,12,20H,4H2,1-3H3. The van der Waals surface area contributed by atoms with Crippen LogP contribution in [0.15, 0.2) is 45.3 Å². The quantitative estimate of drug-likeness (QED) is 0.651. The largest absolute Gasteiger partial charge is 0.455 e. The lowest BCUT2D eigenvalue weighted by Crippen LogP contribution is -2.17. The summed E-state index contributed by atoms with van der Waals surface area (Å²) in [4.78, 5) is 0. The van der Waals surface area contributed by atoms with Crippen LogP contribution in [0, 0.1) is 6.92 Å². The molecule has 1 N–H and O–H groups in total. The van der Waals surface area contributed by atoms with E-state index in [1.165, 1.54) is 11.1 Å². The second kappa shape index (κ2) is 7.43. The van der Waals surface area contributed by atoms with Crippen molar-refractivity contribution in [3.05, 3.63) is 56.5 Å². The molecule has 2 aromatic rings. The molecule has 1 atom stereocenters. The zero-order chi connectivity index (χ0) is 15.4. The van der Waals surface area contributed by atoms with Crippen molar-refractivity contribution in [1.82, 2.24) is 5.32 Å². The van der Waals surface area contributed by atoms with Gasteiger partial charge in [-0.1, -0.05) is 19.1 Å². The average molecular weight is 413 g/mol. The molecule has 0 amide bonds. The van der Waals surface area contributed by atoms with E-state index in [-0.39, 0.29) is 0 Å². The molecular formula is C17H19Br2NO. The minimum absolute atomic E-state index is 0.325. The molecule has 4 heteroatoms. The average Bonchev–Trinajstić information content (AvgIpc) is 2.44. The van der Waals surface area contributed by atoms with E-state index in [0.717, 1.165) is 27.0 Å². The second-order valence-corrected chi connectivity index (χ2v) is 6.71. The van der Waals surface area contributed by atoms with Gasteiger partial charge in [0.1, 0.15) is 11.5 Å². The van der Waals surface area contributed by atoms with Crippen molar-refractivity contribution in [2.24, 2.45) is 0 Å². The van der Waals surface area contributed by atoms with Gasteiger partial charge in [0, 0.05) is 6.04 Å². The van der Waals surface area contributed by atoms with E-state index in [0.29, 0.717) is 6.04 Å². The number of rotatable bonds is 5. The van der Waals surface area contributed by atoms with Crippen molar-refractivity contribution in [3.8, 4) is 11.5 Å². The zero-order valence-electron chi connectivity index (χ0n) is 12.4. The van der Waals surface area contributed by atoms with Crippen LogP contribution in [0.25, 0.3) is 0 Å². The van der Waals surface area contributed by atoms with Crippen molar-refractivity contribution in [3.63, 3.8) is 0 Å². The van der Waals surface area contributed by atoms with Gasteiger partial charge in [0.25, 0.3) is 0 Å². The van der Waals surface area contributed by atoms with Gasteiger partial charge in [0.2, 0.25) is 0 Å². The van der Waals surface area contributed by atoms with E-state index in [4.69, 9.17) is 4.74 Å². The summed E-state index contributed by atoms with van der Waals surface area (Å²) in [5.41, 5.74) is 2.43. The molecule has 2 rings (SSSR count). The summed E-state index contributed by atoms with van der Waals surface area (Å²) in [5.74, 6) is 1.63. The summed E-state index contributed by atoms with van der Waals surface area (Å²) >= 11 is 7.13. The maximum Gasteiger partial charge on any atom is 0.141 e. The maximum absolute atomic E-state index is 5.98. The Balaban J connectivity index is 2.21. The van der Waals surface area contributed by atoms with Crippen LogP contribution in [0.1, 0.15) is 31.0 Å². The Labute approximate surface area is 143 Å². The second-order valence-electron chi connectivity index (χ2n) is 5.01. The van der Waals surface area contributed by atoms with Gasteiger partial charge in [0.05, 0.1) is 8.95 Å². The predicted octanol–water partition coefficient (Wildman–Crippen LogP) is 5.98. The Morgan fingerprint density at radius 3 is 2.24 bits per heavy atom. The SMILES string of the molecule is CCNC(C)c1ccc(Oc2ccc(C)cc2Br)c(Br)c1. The van der Waals surface area contributed by atoms with Crippen molar-refractivity contribution in [1.29, 1.82) is 0 Å². The first-order valence-electron chi connectivity index (χ1n) is 6.98. The predicted molar refractivity (Wildman–Crippen MR) is 95.2 cm³/mol. The summed E-state index contributed by atoms with van der Waals surface area (Å²) in [5, 5.41) is 3.40. The van der Waals surface area contributed by atoms with Crippen LogP contribution in [-0.4, -0.2) is 6.54 Å². The molecule has 0 saturated heterocycles. The third-order valence-electron chi connectivity index (χ3n) is 3.27. The highest BCUT2D eigenvalue weighted by atomic mass is 79.9. The van der Waals surface area contributed by atoms with Gasteiger partial charge < -0.3 is 10.1 Å². The van der Waals surface area contributed by atoms with Gasteiger partial charge in [0.15, 0.2) is 0 Å². The molecule has 0 aromatic heterocycles. The molecular weight excluding hydrogens is 394 g/mol. The fourth-order valence-electron chi connectivity index (χ4n) is 2.10. The van der Waals surface area contributed by atoms with Gasteiger partial charge in [-0.2, -0.15) is 0 Å². The molecule has 0 saturated carbocycles. The highest BCUT2D eigenvalue weighted by Crippen LogP contribution is 2.35. The van der Waals surface area contributed by atoms with Crippen molar-refractivity contribution >= 4 is 31.9 Å². The molecule has 0 aliphatic rings. The number of ether oxygens (including phenoxy) is 1. The Kier molecular flexibility index (Phi) is 5.85. The summed E-state index contributed by atoms with van der Waals surface area (Å²) in [6, 6.07) is 12.6. The fraction of sp³-hybridized carbons (Fsp3) is 0.294. The van der Waals surface area contributed by atoms with Crippen molar-refractivity contribution in [2.75, 3.05) is 6.54 Å². The molecule has 0 aliphatic carbocycles. The highest BCUT2D eigenvalue weighted by molar-refractivity contribution is 9.11. The smallest absolute Gasteiger partial charge is 0.141 e. The third kappa shape index (κ3) is 4.31. The number of nitrogens with one attached hydrogen (secondary N) is 1. The summed E-state index contributed by atoms with van der Waals surface area (Å²) in [7, 11) is 0. The van der Waals surface area contributed by atoms with Crippen LogP contribution in [-0.2, 0) is 0 Å². The van der Waals surface area contributed by atoms with Crippen LogP contribution >= 0.6 is 31.9 Å². The first-order valence-corrected chi connectivity index (χ1v) is 8.56. The number of halogens is 2. The van der Waals surface area contributed by atoms with Crippen LogP contribution in [0.2, 0.25) is 0 Å². The van der Waals surface area contributed by atoms with E-state index in [1.54, 1.807) is 0 Å². The van der Waals surface area contributed by atoms with Crippen molar-refractivity contribution in [2.45, 2.75) is 26.8 Å². The van der Waals surface area contributed by atoms with Crippen LogP contribution < -0.4 is 10.1 Å². The van der Waals surface area contributed by atoms with Gasteiger partial charge in [-0.3, -0.25) is 0 Å². The third-order valence-corrected chi connectivity index (χ3v) is 4.51. The van der Waals surface area contributed by atoms with Gasteiger partial charge in [-0.15, -0.1) is 0 Å². The molecule has 0 spiro atoms. The first-order chi connectivity index (χ1) is 10.0. The van der Waals surface area contributed by atoms with Crippen molar-refractivity contribution < 1.29 is 4.74 Å². The van der Waals surface area contributed by atoms with E-state index >= 15 is 0 Å². The van der Waals surface area contributed by atoms with Gasteiger partial charge in [-0.05, 0) is 87.6 Å². The molecule has 0 bridgehead atoms. The molecule has 2 aromatic carbocycles. The van der Waals surface area contributed by atoms with Gasteiger partial charge >= 0.3 is 0 Å². The van der Waals surface area contributed by atoms with Crippen LogP contribution in [0.5, 0.6) is 11.5 Å². The van der Waals surface area contributed by atoms with Crippen LogP contribution in [0.3, 0.4) is 0 Å². The molecule has 0 heterocycles. The zero-order valence-corrected chi connectivity index (χ0v) is 15.6. The minimum Gasteiger partial charge on any atom is -0.455 e. The monoisotopic (exact) mass is 411 g/mol. The molecule has 112 valence electrons. The number of benzene rings is 2. The topological polar surface area (TPSA) is 21.3 Å². The van der Waals surface area contributed by atoms with E-state index < -0.39 is 0 Å². The summed E-state index contributed by atoms with van der Waals surface area (Å²) < 4.78 is 7.89. The normalized spacial score (nSPS) is 12.2. The maximum atomic E-state index is 5.98. The molecule has 0 radical (unpaired) electrons. The van der Waals surface area contributed by atoms with E-state index in [2.05, 4.69) is 70.1 Å². The summed E-state index contributed by atoms with van der Waals surface area (Å²) in [6.07, 6.45) is 0. The lowest BCUT2D eigenvalue weighted by atomic mass is 10.1. The lowest BCUT2D eigenvalue weighted by molar-refractivity contribution is 0.475. The number of hydrogen-bond donors (Lipinski definition) is 1. The first kappa shape index (κ1) is 16.5. The molecule has 0 aliphatic heterocycles. The highest BCUT2D eigenvalue weighted by Gasteiger charge is 2.10. The van der Waals surface area contributed by atoms with E-state index in [9.17, 15) is 0 Å².